The maximum absolute atomic E-state index is 12.8. The average molecular weight is 407 g/mol. The highest BCUT2D eigenvalue weighted by atomic mass is 16.5. The number of hydrogen-bond donors (Lipinski definition) is 0. The van der Waals surface area contributed by atoms with Gasteiger partial charge >= 0.3 is 0 Å². The number of likely N-dealkylation sites (tertiary alicyclic amines) is 1. The van der Waals surface area contributed by atoms with Gasteiger partial charge in [0.05, 0.1) is 0 Å². The van der Waals surface area contributed by atoms with E-state index in [-0.39, 0.29) is 11.8 Å². The molecule has 0 radical (unpaired) electrons. The van der Waals surface area contributed by atoms with Crippen LogP contribution in [0.1, 0.15) is 37.8 Å². The minimum absolute atomic E-state index is 0.140. The Balaban J connectivity index is 1.49. The van der Waals surface area contributed by atoms with Crippen molar-refractivity contribution in [2.45, 2.75) is 39.8 Å². The van der Waals surface area contributed by atoms with E-state index in [0.29, 0.717) is 13.2 Å². The molecule has 4 heteroatoms. The first-order valence-corrected chi connectivity index (χ1v) is 11.0. The molecule has 1 fully saturated rings. The Bertz CT molecular complexity index is 826. The van der Waals surface area contributed by atoms with Gasteiger partial charge in [-0.1, -0.05) is 54.6 Å². The first-order valence-electron chi connectivity index (χ1n) is 11.0. The monoisotopic (exact) mass is 406 g/mol. The van der Waals surface area contributed by atoms with Gasteiger partial charge in [-0.3, -0.25) is 9.69 Å². The minimum atomic E-state index is 0.140. The number of hydrogen-bond acceptors (Lipinski definition) is 3. The van der Waals surface area contributed by atoms with E-state index in [1.165, 1.54) is 11.1 Å². The number of carbonyl (C=O) groups is 1. The van der Waals surface area contributed by atoms with Crippen molar-refractivity contribution in [2.24, 2.45) is 5.92 Å². The molecule has 0 atom stereocenters. The Morgan fingerprint density at radius 1 is 1.10 bits per heavy atom. The molecule has 0 aromatic heterocycles. The van der Waals surface area contributed by atoms with Gasteiger partial charge in [-0.25, -0.2) is 0 Å². The zero-order valence-corrected chi connectivity index (χ0v) is 18.3. The molecule has 1 aliphatic heterocycles. The summed E-state index contributed by atoms with van der Waals surface area (Å²) < 4.78 is 5.96. The summed E-state index contributed by atoms with van der Waals surface area (Å²) >= 11 is 0. The fraction of sp³-hybridized carbons (Fsp3) is 0.423. The van der Waals surface area contributed by atoms with Gasteiger partial charge in [-0.2, -0.15) is 0 Å². The van der Waals surface area contributed by atoms with Crippen LogP contribution in [0.3, 0.4) is 0 Å². The highest BCUT2D eigenvalue weighted by Crippen LogP contribution is 2.23. The van der Waals surface area contributed by atoms with E-state index in [4.69, 9.17) is 4.74 Å². The summed E-state index contributed by atoms with van der Waals surface area (Å²) in [6, 6.07) is 18.6. The van der Waals surface area contributed by atoms with Crippen molar-refractivity contribution in [1.82, 2.24) is 9.80 Å². The predicted molar refractivity (Wildman–Crippen MR) is 122 cm³/mol. The maximum Gasteiger partial charge on any atom is 0.226 e. The van der Waals surface area contributed by atoms with Crippen molar-refractivity contribution in [3.05, 3.63) is 77.9 Å². The van der Waals surface area contributed by atoms with Crippen LogP contribution in [0.2, 0.25) is 0 Å². The quantitative estimate of drug-likeness (QED) is 0.555. The third kappa shape index (κ3) is 6.46. The van der Waals surface area contributed by atoms with Gasteiger partial charge in [0, 0.05) is 25.6 Å². The van der Waals surface area contributed by atoms with Crippen LogP contribution in [0.25, 0.3) is 0 Å². The first-order chi connectivity index (χ1) is 14.5. The van der Waals surface area contributed by atoms with Gasteiger partial charge < -0.3 is 9.64 Å². The predicted octanol–water partition coefficient (Wildman–Crippen LogP) is 4.90. The molecular formula is C26H34N2O2. The summed E-state index contributed by atoms with van der Waals surface area (Å²) in [4.78, 5) is 17.2. The fourth-order valence-electron chi connectivity index (χ4n) is 4.00. The molecule has 0 aliphatic carbocycles. The smallest absolute Gasteiger partial charge is 0.226 e. The topological polar surface area (TPSA) is 32.8 Å². The second-order valence-corrected chi connectivity index (χ2v) is 8.28. The summed E-state index contributed by atoms with van der Waals surface area (Å²) in [5.41, 5.74) is 3.46. The van der Waals surface area contributed by atoms with E-state index in [2.05, 4.69) is 41.8 Å². The van der Waals surface area contributed by atoms with Crippen LogP contribution in [0.4, 0.5) is 0 Å². The molecule has 30 heavy (non-hydrogen) atoms. The van der Waals surface area contributed by atoms with Crippen molar-refractivity contribution in [2.75, 3.05) is 26.2 Å². The molecule has 0 N–H and O–H groups in total. The van der Waals surface area contributed by atoms with Gasteiger partial charge in [0.15, 0.2) is 0 Å². The van der Waals surface area contributed by atoms with Crippen LogP contribution in [0.15, 0.2) is 66.7 Å². The number of rotatable bonds is 9. The average Bonchev–Trinajstić information content (AvgIpc) is 2.77. The van der Waals surface area contributed by atoms with Gasteiger partial charge in [0.1, 0.15) is 12.4 Å². The van der Waals surface area contributed by atoms with Crippen LogP contribution >= 0.6 is 0 Å². The lowest BCUT2D eigenvalue weighted by molar-refractivity contribution is -0.136. The van der Waals surface area contributed by atoms with Crippen molar-refractivity contribution >= 4 is 5.91 Å². The fourth-order valence-corrected chi connectivity index (χ4v) is 4.00. The Labute approximate surface area is 181 Å². The maximum atomic E-state index is 12.8. The second kappa shape index (κ2) is 11.0. The third-order valence-corrected chi connectivity index (χ3v) is 5.64. The molecule has 0 unspecified atom stereocenters. The standard InChI is InChI=1S/C26H34N2O2/c1-4-28(18-21(2)3)26(29)24-13-15-27(16-14-24)19-23-11-8-12-25(17-23)30-20-22-9-6-5-7-10-22/h5-12,17,24H,2,4,13-16,18-20H2,1,3H3. The molecule has 2 aromatic rings. The molecule has 0 spiro atoms. The SMILES string of the molecule is C=C(C)CN(CC)C(=O)C1CCN(Cc2cccc(OCc3ccccc3)c2)CC1. The summed E-state index contributed by atoms with van der Waals surface area (Å²) in [6.07, 6.45) is 1.85. The zero-order chi connectivity index (χ0) is 21.3. The van der Waals surface area contributed by atoms with Gasteiger partial charge in [0.2, 0.25) is 5.91 Å². The van der Waals surface area contributed by atoms with Crippen LogP contribution < -0.4 is 4.74 Å². The number of carbonyl (C=O) groups excluding carboxylic acids is 1. The first kappa shape index (κ1) is 22.1. The van der Waals surface area contributed by atoms with Gasteiger partial charge in [-0.05, 0) is 63.0 Å². The van der Waals surface area contributed by atoms with Crippen LogP contribution in [0.5, 0.6) is 5.75 Å². The number of amides is 1. The number of nitrogens with zero attached hydrogens (tertiary/aromatic N) is 2. The van der Waals surface area contributed by atoms with Crippen LogP contribution in [-0.4, -0.2) is 41.9 Å². The Morgan fingerprint density at radius 3 is 2.47 bits per heavy atom. The van der Waals surface area contributed by atoms with Crippen molar-refractivity contribution in [3.8, 4) is 5.75 Å². The number of likely N-dealkylation sites (N-methyl/N-ethyl adjacent to an activating group) is 1. The van der Waals surface area contributed by atoms with Crippen molar-refractivity contribution in [3.63, 3.8) is 0 Å². The van der Waals surface area contributed by atoms with Crippen LogP contribution in [0, 0.1) is 5.92 Å². The summed E-state index contributed by atoms with van der Waals surface area (Å²) in [5, 5.41) is 0. The lowest BCUT2D eigenvalue weighted by atomic mass is 9.94. The van der Waals surface area contributed by atoms with Crippen molar-refractivity contribution < 1.29 is 9.53 Å². The highest BCUT2D eigenvalue weighted by Gasteiger charge is 2.28. The molecule has 4 nitrogen and oxygen atoms in total. The molecule has 0 bridgehead atoms. The van der Waals surface area contributed by atoms with Gasteiger partial charge in [-0.15, -0.1) is 0 Å². The number of benzene rings is 2. The largest absolute Gasteiger partial charge is 0.489 e. The van der Waals surface area contributed by atoms with E-state index in [9.17, 15) is 4.79 Å². The van der Waals surface area contributed by atoms with Crippen LogP contribution in [-0.2, 0) is 17.9 Å². The molecule has 1 heterocycles. The number of piperidine rings is 1. The molecular weight excluding hydrogens is 372 g/mol. The molecule has 160 valence electrons. The zero-order valence-electron chi connectivity index (χ0n) is 18.3. The van der Waals surface area contributed by atoms with E-state index >= 15 is 0 Å². The molecule has 0 saturated carbocycles. The van der Waals surface area contributed by atoms with Gasteiger partial charge in [0.25, 0.3) is 0 Å². The van der Waals surface area contributed by atoms with E-state index in [1.807, 2.05) is 43.0 Å². The number of ether oxygens (including phenoxy) is 1. The van der Waals surface area contributed by atoms with E-state index in [0.717, 1.165) is 50.3 Å². The van der Waals surface area contributed by atoms with E-state index < -0.39 is 0 Å². The Kier molecular flexibility index (Phi) is 8.09. The summed E-state index contributed by atoms with van der Waals surface area (Å²) in [6.45, 7) is 12.8. The Morgan fingerprint density at radius 2 is 1.80 bits per heavy atom. The van der Waals surface area contributed by atoms with Crippen molar-refractivity contribution in [1.29, 1.82) is 0 Å². The Hall–Kier alpha value is -2.59. The normalized spacial score (nSPS) is 15.0. The minimum Gasteiger partial charge on any atom is -0.489 e. The highest BCUT2D eigenvalue weighted by molar-refractivity contribution is 5.79. The molecule has 1 aliphatic rings. The molecule has 1 saturated heterocycles. The lowest BCUT2D eigenvalue weighted by Gasteiger charge is -2.34. The molecule has 3 rings (SSSR count). The van der Waals surface area contributed by atoms with E-state index in [1.54, 1.807) is 0 Å². The summed E-state index contributed by atoms with van der Waals surface area (Å²) in [5.74, 6) is 1.33. The second-order valence-electron chi connectivity index (χ2n) is 8.28. The summed E-state index contributed by atoms with van der Waals surface area (Å²) in [7, 11) is 0. The third-order valence-electron chi connectivity index (χ3n) is 5.64. The lowest BCUT2D eigenvalue weighted by Crippen LogP contribution is -2.42. The molecule has 1 amide bonds. The molecule has 2 aromatic carbocycles.